The van der Waals surface area contributed by atoms with Crippen molar-refractivity contribution in [2.24, 2.45) is 0 Å². The Morgan fingerprint density at radius 1 is 1.06 bits per heavy atom. The molecule has 0 saturated carbocycles. The minimum absolute atomic E-state index is 0.163. The normalized spacial score (nSPS) is 14.0. The number of nitrogens with zero attached hydrogens (tertiary/aromatic N) is 6. The molecule has 31 heavy (non-hydrogen) atoms. The average Bonchev–Trinajstić information content (AvgIpc) is 3.10. The molecular weight excluding hydrogens is 394 g/mol. The van der Waals surface area contributed by atoms with Crippen LogP contribution in [0.15, 0.2) is 35.0 Å². The third kappa shape index (κ3) is 4.99. The van der Waals surface area contributed by atoms with Gasteiger partial charge in [0, 0.05) is 44.4 Å². The minimum atomic E-state index is 0.163. The van der Waals surface area contributed by atoms with Crippen LogP contribution in [0.5, 0.6) is 0 Å². The summed E-state index contributed by atoms with van der Waals surface area (Å²) in [5, 5.41) is 15.7. The number of amides is 1. The van der Waals surface area contributed by atoms with Crippen molar-refractivity contribution in [2.75, 3.05) is 36.4 Å². The van der Waals surface area contributed by atoms with Crippen LogP contribution in [-0.2, 0) is 11.2 Å². The summed E-state index contributed by atoms with van der Waals surface area (Å²) in [4.78, 5) is 21.0. The van der Waals surface area contributed by atoms with Crippen LogP contribution in [0.25, 0.3) is 0 Å². The van der Waals surface area contributed by atoms with Crippen LogP contribution in [0.2, 0.25) is 0 Å². The molecular formula is C22H27N7O2. The van der Waals surface area contributed by atoms with Gasteiger partial charge < -0.3 is 19.6 Å². The Bertz CT molecular complexity index is 1020. The third-order valence-corrected chi connectivity index (χ3v) is 5.55. The number of hydrogen-bond acceptors (Lipinski definition) is 8. The molecule has 1 aliphatic heterocycles. The summed E-state index contributed by atoms with van der Waals surface area (Å²) in [5.41, 5.74) is 3.03. The molecule has 162 valence electrons. The van der Waals surface area contributed by atoms with Gasteiger partial charge in [0.25, 0.3) is 0 Å². The molecule has 0 unspecified atom stereocenters. The summed E-state index contributed by atoms with van der Waals surface area (Å²) in [6.45, 7) is 8.63. The highest BCUT2D eigenvalue weighted by Gasteiger charge is 2.22. The first-order valence-corrected chi connectivity index (χ1v) is 10.5. The van der Waals surface area contributed by atoms with Gasteiger partial charge in [-0.3, -0.25) is 4.79 Å². The number of hydrogen-bond donors (Lipinski definition) is 1. The number of pyridine rings is 1. The van der Waals surface area contributed by atoms with Gasteiger partial charge in [-0.15, -0.1) is 10.2 Å². The molecule has 9 nitrogen and oxygen atoms in total. The van der Waals surface area contributed by atoms with Crippen LogP contribution in [0.3, 0.4) is 0 Å². The second kappa shape index (κ2) is 9.11. The molecule has 4 rings (SSSR count). The second-order valence-electron chi connectivity index (χ2n) is 7.79. The van der Waals surface area contributed by atoms with Crippen molar-refractivity contribution in [1.82, 2.24) is 25.2 Å². The van der Waals surface area contributed by atoms with Crippen molar-refractivity contribution < 1.29 is 9.32 Å². The largest absolute Gasteiger partial charge is 0.361 e. The predicted molar refractivity (Wildman–Crippen MR) is 117 cm³/mol. The van der Waals surface area contributed by atoms with Gasteiger partial charge in [-0.2, -0.15) is 0 Å². The standard InChI is InChI=1S/C22H27N7O2/c1-15-8-9-23-20(14-15)24-19-5-6-21(26-25-19)28-10-12-29(13-11-28)22(30)7-4-18-16(2)27-31-17(18)3/h5-6,8-9,14H,4,7,10-13H2,1-3H3,(H,23,24,25). The summed E-state index contributed by atoms with van der Waals surface area (Å²) in [5.74, 6) is 3.16. The number of aromatic nitrogens is 4. The third-order valence-electron chi connectivity index (χ3n) is 5.55. The average molecular weight is 422 g/mol. The fourth-order valence-electron chi connectivity index (χ4n) is 3.73. The minimum Gasteiger partial charge on any atom is -0.361 e. The molecule has 0 radical (unpaired) electrons. The molecule has 3 aromatic rings. The molecule has 0 atom stereocenters. The molecule has 0 aliphatic carbocycles. The maximum Gasteiger partial charge on any atom is 0.223 e. The lowest BCUT2D eigenvalue weighted by atomic mass is 10.1. The number of rotatable bonds is 6. The van der Waals surface area contributed by atoms with Crippen LogP contribution in [0.1, 0.15) is 29.0 Å². The summed E-state index contributed by atoms with van der Waals surface area (Å²) in [6.07, 6.45) is 2.89. The molecule has 9 heteroatoms. The first kappa shape index (κ1) is 20.8. The summed E-state index contributed by atoms with van der Waals surface area (Å²) < 4.78 is 5.18. The van der Waals surface area contributed by atoms with Gasteiger partial charge in [-0.25, -0.2) is 4.98 Å². The molecule has 0 aromatic carbocycles. The molecule has 1 amide bonds. The molecule has 0 spiro atoms. The second-order valence-corrected chi connectivity index (χ2v) is 7.79. The van der Waals surface area contributed by atoms with Crippen molar-refractivity contribution >= 4 is 23.4 Å². The zero-order chi connectivity index (χ0) is 21.8. The van der Waals surface area contributed by atoms with Gasteiger partial charge in [0.1, 0.15) is 11.6 Å². The highest BCUT2D eigenvalue weighted by atomic mass is 16.5. The number of aryl methyl sites for hydroxylation is 3. The van der Waals surface area contributed by atoms with E-state index in [0.717, 1.165) is 47.3 Å². The summed E-state index contributed by atoms with van der Waals surface area (Å²) in [6, 6.07) is 7.74. The van der Waals surface area contributed by atoms with E-state index in [0.29, 0.717) is 31.7 Å². The Morgan fingerprint density at radius 3 is 2.52 bits per heavy atom. The van der Waals surface area contributed by atoms with Gasteiger partial charge in [-0.05, 0) is 57.0 Å². The molecule has 1 fully saturated rings. The Kier molecular flexibility index (Phi) is 6.11. The Balaban J connectivity index is 1.27. The summed E-state index contributed by atoms with van der Waals surface area (Å²) >= 11 is 0. The van der Waals surface area contributed by atoms with Crippen LogP contribution in [0, 0.1) is 20.8 Å². The first-order valence-electron chi connectivity index (χ1n) is 10.5. The van der Waals surface area contributed by atoms with E-state index in [1.165, 1.54) is 0 Å². The lowest BCUT2D eigenvalue weighted by Crippen LogP contribution is -2.49. The van der Waals surface area contributed by atoms with Gasteiger partial charge in [0.15, 0.2) is 11.6 Å². The molecule has 3 aromatic heterocycles. The van der Waals surface area contributed by atoms with E-state index in [1.54, 1.807) is 6.20 Å². The highest BCUT2D eigenvalue weighted by Crippen LogP contribution is 2.18. The smallest absolute Gasteiger partial charge is 0.223 e. The molecule has 1 aliphatic rings. The van der Waals surface area contributed by atoms with E-state index in [4.69, 9.17) is 4.52 Å². The van der Waals surface area contributed by atoms with Gasteiger partial charge in [0.2, 0.25) is 5.91 Å². The molecule has 1 saturated heterocycles. The molecule has 4 heterocycles. The zero-order valence-corrected chi connectivity index (χ0v) is 18.1. The SMILES string of the molecule is Cc1ccnc(Nc2ccc(N3CCN(C(=O)CCc4c(C)noc4C)CC3)nn2)c1. The van der Waals surface area contributed by atoms with Crippen molar-refractivity contribution in [3.8, 4) is 0 Å². The van der Waals surface area contributed by atoms with E-state index in [9.17, 15) is 4.79 Å². The number of nitrogens with one attached hydrogen (secondary N) is 1. The molecule has 0 bridgehead atoms. The Labute approximate surface area is 181 Å². The van der Waals surface area contributed by atoms with Crippen molar-refractivity contribution in [3.63, 3.8) is 0 Å². The van der Waals surface area contributed by atoms with Gasteiger partial charge in [-0.1, -0.05) is 5.16 Å². The fraction of sp³-hybridized carbons (Fsp3) is 0.409. The monoisotopic (exact) mass is 421 g/mol. The van der Waals surface area contributed by atoms with Crippen LogP contribution in [-0.4, -0.2) is 57.3 Å². The van der Waals surface area contributed by atoms with Crippen molar-refractivity contribution in [1.29, 1.82) is 0 Å². The Morgan fingerprint density at radius 2 is 1.87 bits per heavy atom. The van der Waals surface area contributed by atoms with Crippen LogP contribution >= 0.6 is 0 Å². The van der Waals surface area contributed by atoms with Gasteiger partial charge in [0.05, 0.1) is 5.69 Å². The number of anilines is 3. The lowest BCUT2D eigenvalue weighted by Gasteiger charge is -2.35. The first-order chi connectivity index (χ1) is 15.0. The Hall–Kier alpha value is -3.49. The molecule has 1 N–H and O–H groups in total. The van der Waals surface area contributed by atoms with Crippen molar-refractivity contribution in [2.45, 2.75) is 33.6 Å². The van der Waals surface area contributed by atoms with Crippen LogP contribution < -0.4 is 10.2 Å². The van der Waals surface area contributed by atoms with E-state index < -0.39 is 0 Å². The highest BCUT2D eigenvalue weighted by molar-refractivity contribution is 5.76. The van der Waals surface area contributed by atoms with E-state index in [1.807, 2.05) is 49.9 Å². The van der Waals surface area contributed by atoms with E-state index >= 15 is 0 Å². The van der Waals surface area contributed by atoms with E-state index in [-0.39, 0.29) is 5.91 Å². The quantitative estimate of drug-likeness (QED) is 0.649. The van der Waals surface area contributed by atoms with Gasteiger partial charge >= 0.3 is 0 Å². The number of piperazine rings is 1. The fourth-order valence-corrected chi connectivity index (χ4v) is 3.73. The number of carbonyl (C=O) groups is 1. The summed E-state index contributed by atoms with van der Waals surface area (Å²) in [7, 11) is 0. The van der Waals surface area contributed by atoms with Crippen LogP contribution in [0.4, 0.5) is 17.5 Å². The van der Waals surface area contributed by atoms with Crippen molar-refractivity contribution in [3.05, 3.63) is 53.0 Å². The topological polar surface area (TPSA) is 100 Å². The maximum atomic E-state index is 12.6. The van der Waals surface area contributed by atoms with E-state index in [2.05, 4.69) is 30.6 Å². The lowest BCUT2D eigenvalue weighted by molar-refractivity contribution is -0.131. The zero-order valence-electron chi connectivity index (χ0n) is 18.1. The number of carbonyl (C=O) groups excluding carboxylic acids is 1. The maximum absolute atomic E-state index is 12.6. The predicted octanol–water partition coefficient (Wildman–Crippen LogP) is 2.81.